The molecule has 21 heavy (non-hydrogen) atoms. The van der Waals surface area contributed by atoms with Crippen LogP contribution >= 0.6 is 0 Å². The highest BCUT2D eigenvalue weighted by Crippen LogP contribution is 2.21. The minimum Gasteiger partial charge on any atom is -0.457 e. The number of nitrogens with zero attached hydrogens (tertiary/aromatic N) is 2. The number of aromatic nitrogens is 1. The van der Waals surface area contributed by atoms with Crippen molar-refractivity contribution in [2.75, 3.05) is 26.2 Å². The minimum atomic E-state index is -0.0463. The highest BCUT2D eigenvalue weighted by molar-refractivity contribution is 5.92. The maximum Gasteiger partial charge on any atom is 0.272 e. The van der Waals surface area contributed by atoms with Crippen LogP contribution in [0.1, 0.15) is 10.5 Å². The number of amides is 1. The zero-order chi connectivity index (χ0) is 14.5. The van der Waals surface area contributed by atoms with Gasteiger partial charge in [0.15, 0.2) is 0 Å². The number of hydrogen-bond acceptors (Lipinski definition) is 4. The molecule has 0 spiro atoms. The molecular weight excluding hydrogens is 266 g/mol. The van der Waals surface area contributed by atoms with Crippen LogP contribution in [0.2, 0.25) is 0 Å². The molecule has 5 nitrogen and oxygen atoms in total. The fourth-order valence-corrected chi connectivity index (χ4v) is 2.25. The smallest absolute Gasteiger partial charge is 0.272 e. The van der Waals surface area contributed by atoms with Gasteiger partial charge in [-0.3, -0.25) is 9.78 Å². The predicted octanol–water partition coefficient (Wildman–Crippen LogP) is 1.92. The second kappa shape index (κ2) is 6.37. The van der Waals surface area contributed by atoms with Crippen molar-refractivity contribution in [2.45, 2.75) is 0 Å². The zero-order valence-corrected chi connectivity index (χ0v) is 11.7. The Morgan fingerprint density at radius 2 is 1.86 bits per heavy atom. The van der Waals surface area contributed by atoms with E-state index in [-0.39, 0.29) is 5.91 Å². The van der Waals surface area contributed by atoms with E-state index in [9.17, 15) is 4.79 Å². The average molecular weight is 283 g/mol. The first-order valence-electron chi connectivity index (χ1n) is 7.02. The molecule has 1 aliphatic heterocycles. The van der Waals surface area contributed by atoms with Gasteiger partial charge in [0.1, 0.15) is 17.2 Å². The lowest BCUT2D eigenvalue weighted by atomic mass is 10.2. The van der Waals surface area contributed by atoms with Gasteiger partial charge in [-0.25, -0.2) is 0 Å². The molecule has 2 aromatic rings. The van der Waals surface area contributed by atoms with Crippen molar-refractivity contribution in [3.8, 4) is 11.5 Å². The Kier molecular flexibility index (Phi) is 4.12. The van der Waals surface area contributed by atoms with Crippen LogP contribution in [0.3, 0.4) is 0 Å². The van der Waals surface area contributed by atoms with Crippen LogP contribution in [0.25, 0.3) is 0 Å². The van der Waals surface area contributed by atoms with Crippen molar-refractivity contribution in [1.82, 2.24) is 15.2 Å². The van der Waals surface area contributed by atoms with Gasteiger partial charge in [0, 0.05) is 38.4 Å². The zero-order valence-electron chi connectivity index (χ0n) is 11.7. The van der Waals surface area contributed by atoms with Crippen molar-refractivity contribution in [3.05, 3.63) is 54.4 Å². The van der Waals surface area contributed by atoms with Crippen molar-refractivity contribution in [1.29, 1.82) is 0 Å². The first-order chi connectivity index (χ1) is 10.3. The number of pyridine rings is 1. The lowest BCUT2D eigenvalue weighted by Gasteiger charge is -2.27. The third-order valence-corrected chi connectivity index (χ3v) is 3.33. The molecule has 0 unspecified atom stereocenters. The first-order valence-corrected chi connectivity index (χ1v) is 7.02. The molecule has 1 aromatic heterocycles. The second-order valence-corrected chi connectivity index (χ2v) is 4.83. The van der Waals surface area contributed by atoms with E-state index in [1.54, 1.807) is 18.3 Å². The van der Waals surface area contributed by atoms with Gasteiger partial charge < -0.3 is 15.0 Å². The molecule has 1 fully saturated rings. The number of benzene rings is 1. The second-order valence-electron chi connectivity index (χ2n) is 4.83. The maximum absolute atomic E-state index is 12.4. The average Bonchev–Trinajstić information content (AvgIpc) is 2.56. The molecule has 108 valence electrons. The number of piperazine rings is 1. The van der Waals surface area contributed by atoms with Crippen molar-refractivity contribution < 1.29 is 9.53 Å². The third kappa shape index (κ3) is 3.38. The molecule has 0 aliphatic carbocycles. The number of carbonyl (C=O) groups excluding carboxylic acids is 1. The van der Waals surface area contributed by atoms with Gasteiger partial charge in [0.25, 0.3) is 5.91 Å². The molecule has 0 radical (unpaired) electrons. The van der Waals surface area contributed by atoms with E-state index in [2.05, 4.69) is 10.3 Å². The lowest BCUT2D eigenvalue weighted by molar-refractivity contribution is 0.0729. The van der Waals surface area contributed by atoms with E-state index in [1.165, 1.54) is 0 Å². The molecule has 1 saturated heterocycles. The molecule has 1 N–H and O–H groups in total. The summed E-state index contributed by atoms with van der Waals surface area (Å²) in [5.74, 6) is 1.31. The Bertz CT molecular complexity index is 610. The summed E-state index contributed by atoms with van der Waals surface area (Å²) in [4.78, 5) is 18.4. The van der Waals surface area contributed by atoms with Crippen LogP contribution in [0.4, 0.5) is 0 Å². The van der Waals surface area contributed by atoms with Crippen molar-refractivity contribution in [3.63, 3.8) is 0 Å². The van der Waals surface area contributed by atoms with Gasteiger partial charge >= 0.3 is 0 Å². The number of ether oxygens (including phenoxy) is 1. The Hall–Kier alpha value is -2.40. The first kappa shape index (κ1) is 13.6. The summed E-state index contributed by atoms with van der Waals surface area (Å²) in [6.07, 6.45) is 1.60. The van der Waals surface area contributed by atoms with Crippen LogP contribution in [-0.2, 0) is 0 Å². The summed E-state index contributed by atoms with van der Waals surface area (Å²) in [5.41, 5.74) is 0.422. The Morgan fingerprint density at radius 3 is 2.62 bits per heavy atom. The standard InChI is InChI=1S/C16H17N3O2/c20-16(19-10-8-17-9-11-19)15-12-14(6-7-18-15)21-13-4-2-1-3-5-13/h1-7,12,17H,8-11H2. The van der Waals surface area contributed by atoms with E-state index < -0.39 is 0 Å². The molecule has 0 saturated carbocycles. The number of hydrogen-bond donors (Lipinski definition) is 1. The molecule has 3 rings (SSSR count). The quantitative estimate of drug-likeness (QED) is 0.935. The SMILES string of the molecule is O=C(c1cc(Oc2ccccc2)ccn1)N1CCNCC1. The molecule has 0 bridgehead atoms. The van der Waals surface area contributed by atoms with Gasteiger partial charge in [-0.05, 0) is 18.2 Å². The minimum absolute atomic E-state index is 0.0463. The fourth-order valence-electron chi connectivity index (χ4n) is 2.25. The summed E-state index contributed by atoms with van der Waals surface area (Å²) < 4.78 is 5.73. The van der Waals surface area contributed by atoms with E-state index in [0.29, 0.717) is 24.5 Å². The molecule has 2 heterocycles. The largest absolute Gasteiger partial charge is 0.457 e. The van der Waals surface area contributed by atoms with Gasteiger partial charge in [0.2, 0.25) is 0 Å². The normalized spacial score (nSPS) is 14.8. The van der Waals surface area contributed by atoms with Crippen LogP contribution in [0, 0.1) is 0 Å². The number of carbonyl (C=O) groups is 1. The van der Waals surface area contributed by atoms with Crippen LogP contribution in [0.5, 0.6) is 11.5 Å². The van der Waals surface area contributed by atoms with Crippen LogP contribution < -0.4 is 10.1 Å². The van der Waals surface area contributed by atoms with E-state index in [1.807, 2.05) is 35.2 Å². The molecule has 1 amide bonds. The summed E-state index contributed by atoms with van der Waals surface area (Å²) >= 11 is 0. The fraction of sp³-hybridized carbons (Fsp3) is 0.250. The topological polar surface area (TPSA) is 54.5 Å². The summed E-state index contributed by atoms with van der Waals surface area (Å²) in [7, 11) is 0. The molecule has 1 aliphatic rings. The van der Waals surface area contributed by atoms with E-state index in [4.69, 9.17) is 4.74 Å². The Labute approximate surface area is 123 Å². The van der Waals surface area contributed by atoms with Crippen molar-refractivity contribution in [2.24, 2.45) is 0 Å². The van der Waals surface area contributed by atoms with Crippen LogP contribution in [-0.4, -0.2) is 42.0 Å². The highest BCUT2D eigenvalue weighted by atomic mass is 16.5. The van der Waals surface area contributed by atoms with Crippen LogP contribution in [0.15, 0.2) is 48.7 Å². The van der Waals surface area contributed by atoms with Crippen molar-refractivity contribution >= 4 is 5.91 Å². The Balaban J connectivity index is 1.75. The van der Waals surface area contributed by atoms with Gasteiger partial charge in [-0.1, -0.05) is 18.2 Å². The summed E-state index contributed by atoms with van der Waals surface area (Å²) in [5, 5.41) is 3.23. The monoisotopic (exact) mass is 283 g/mol. The van der Waals surface area contributed by atoms with Gasteiger partial charge in [-0.15, -0.1) is 0 Å². The third-order valence-electron chi connectivity index (χ3n) is 3.33. The molecule has 1 aromatic carbocycles. The van der Waals surface area contributed by atoms with E-state index >= 15 is 0 Å². The number of para-hydroxylation sites is 1. The molecule has 0 atom stereocenters. The molecular formula is C16H17N3O2. The predicted molar refractivity (Wildman–Crippen MR) is 79.5 cm³/mol. The number of nitrogens with one attached hydrogen (secondary N) is 1. The molecule has 5 heteroatoms. The Morgan fingerprint density at radius 1 is 1.10 bits per heavy atom. The van der Waals surface area contributed by atoms with E-state index in [0.717, 1.165) is 18.8 Å². The highest BCUT2D eigenvalue weighted by Gasteiger charge is 2.19. The maximum atomic E-state index is 12.4. The summed E-state index contributed by atoms with van der Waals surface area (Å²) in [6, 6.07) is 12.9. The van der Waals surface area contributed by atoms with Gasteiger partial charge in [-0.2, -0.15) is 0 Å². The number of rotatable bonds is 3. The van der Waals surface area contributed by atoms with Gasteiger partial charge in [0.05, 0.1) is 0 Å². The summed E-state index contributed by atoms with van der Waals surface area (Å²) in [6.45, 7) is 3.08. The lowest BCUT2D eigenvalue weighted by Crippen LogP contribution is -2.46.